The van der Waals surface area contributed by atoms with Crippen molar-refractivity contribution < 1.29 is 9.53 Å². The van der Waals surface area contributed by atoms with Crippen molar-refractivity contribution in [2.75, 3.05) is 26.2 Å². The number of amides is 1. The normalized spacial score (nSPS) is 21.4. The highest BCUT2D eigenvalue weighted by molar-refractivity contribution is 5.68. The smallest absolute Gasteiger partial charge is 0.410 e. The van der Waals surface area contributed by atoms with Crippen molar-refractivity contribution >= 4 is 6.09 Å². The third-order valence-corrected chi connectivity index (χ3v) is 5.60. The maximum Gasteiger partial charge on any atom is 0.410 e. The van der Waals surface area contributed by atoms with E-state index < -0.39 is 5.60 Å². The maximum absolute atomic E-state index is 12.3. The molecule has 1 unspecified atom stereocenters. The van der Waals surface area contributed by atoms with E-state index in [2.05, 4.69) is 35.2 Å². The van der Waals surface area contributed by atoms with Crippen LogP contribution >= 0.6 is 0 Å². The molecule has 0 aromatic heterocycles. The van der Waals surface area contributed by atoms with Crippen molar-refractivity contribution in [1.82, 2.24) is 9.80 Å². The Morgan fingerprint density at radius 1 is 1.00 bits per heavy atom. The fourth-order valence-electron chi connectivity index (χ4n) is 4.39. The Hall–Kier alpha value is -1.55. The third kappa shape index (κ3) is 5.00. The fourth-order valence-corrected chi connectivity index (χ4v) is 4.39. The highest BCUT2D eigenvalue weighted by atomic mass is 16.6. The fraction of sp³-hybridized carbons (Fsp3) is 0.682. The van der Waals surface area contributed by atoms with Gasteiger partial charge in [0.05, 0.1) is 0 Å². The van der Waals surface area contributed by atoms with Crippen molar-refractivity contribution in [3.05, 3.63) is 35.9 Å². The Labute approximate surface area is 158 Å². The Morgan fingerprint density at radius 3 is 2.19 bits per heavy atom. The van der Waals surface area contributed by atoms with Gasteiger partial charge in [-0.2, -0.15) is 0 Å². The summed E-state index contributed by atoms with van der Waals surface area (Å²) in [6.07, 6.45) is 6.56. The van der Waals surface area contributed by atoms with E-state index in [1.54, 1.807) is 0 Å². The summed E-state index contributed by atoms with van der Waals surface area (Å²) in [4.78, 5) is 16.8. The zero-order valence-electron chi connectivity index (χ0n) is 16.6. The molecule has 1 amide bonds. The number of nitrogens with zero attached hydrogens (tertiary/aromatic N) is 2. The highest BCUT2D eigenvalue weighted by Crippen LogP contribution is 2.38. The minimum atomic E-state index is -0.428. The van der Waals surface area contributed by atoms with Crippen molar-refractivity contribution in [1.29, 1.82) is 0 Å². The van der Waals surface area contributed by atoms with Gasteiger partial charge in [0.25, 0.3) is 0 Å². The number of ether oxygens (including phenoxy) is 1. The largest absolute Gasteiger partial charge is 0.444 e. The van der Waals surface area contributed by atoms with Crippen LogP contribution in [0.4, 0.5) is 4.79 Å². The van der Waals surface area contributed by atoms with Gasteiger partial charge >= 0.3 is 6.09 Å². The van der Waals surface area contributed by atoms with Crippen LogP contribution in [-0.2, 0) is 4.74 Å². The standard InChI is InChI=1S/C22H34N2O2/c1-22(2,3)26-21(25)24-16-14-23(15-17-24)20(18-10-6-4-7-11-18)19-12-8-5-9-13-19/h4,6-7,10-11,19-20H,5,8-9,12-17H2,1-3H3. The lowest BCUT2D eigenvalue weighted by molar-refractivity contribution is 0.00455. The van der Waals surface area contributed by atoms with E-state index in [1.807, 2.05) is 25.7 Å². The first kappa shape index (κ1) is 19.2. The average Bonchev–Trinajstić information content (AvgIpc) is 2.63. The molecule has 1 aromatic rings. The van der Waals surface area contributed by atoms with Crippen molar-refractivity contribution in [2.45, 2.75) is 64.5 Å². The molecule has 1 heterocycles. The summed E-state index contributed by atoms with van der Waals surface area (Å²) < 4.78 is 5.54. The minimum Gasteiger partial charge on any atom is -0.444 e. The second-order valence-electron chi connectivity index (χ2n) is 8.76. The number of hydrogen-bond donors (Lipinski definition) is 0. The summed E-state index contributed by atoms with van der Waals surface area (Å²) in [5, 5.41) is 0. The van der Waals surface area contributed by atoms with Gasteiger partial charge in [0.2, 0.25) is 0 Å². The molecule has 1 aliphatic carbocycles. The molecule has 1 aromatic carbocycles. The number of rotatable bonds is 3. The summed E-state index contributed by atoms with van der Waals surface area (Å²) in [6, 6.07) is 11.4. The number of hydrogen-bond acceptors (Lipinski definition) is 3. The highest BCUT2D eigenvalue weighted by Gasteiger charge is 2.33. The van der Waals surface area contributed by atoms with Crippen molar-refractivity contribution in [3.63, 3.8) is 0 Å². The predicted octanol–water partition coefficient (Wildman–Crippen LogP) is 4.86. The van der Waals surface area contributed by atoms with Gasteiger partial charge in [0, 0.05) is 32.2 Å². The monoisotopic (exact) mass is 358 g/mol. The van der Waals surface area contributed by atoms with E-state index >= 15 is 0 Å². The molecule has 1 saturated carbocycles. The van der Waals surface area contributed by atoms with E-state index in [1.165, 1.54) is 37.7 Å². The molecule has 1 atom stereocenters. The summed E-state index contributed by atoms with van der Waals surface area (Å²) in [7, 11) is 0. The molecule has 2 aliphatic rings. The average molecular weight is 359 g/mol. The van der Waals surface area contributed by atoms with E-state index in [4.69, 9.17) is 4.74 Å². The Balaban J connectivity index is 1.66. The first-order valence-electron chi connectivity index (χ1n) is 10.2. The molecule has 0 radical (unpaired) electrons. The molecule has 0 spiro atoms. The quantitative estimate of drug-likeness (QED) is 0.773. The molecular weight excluding hydrogens is 324 g/mol. The molecule has 2 fully saturated rings. The number of piperazine rings is 1. The molecule has 1 aliphatic heterocycles. The van der Waals surface area contributed by atoms with Crippen LogP contribution in [0.1, 0.15) is 64.5 Å². The summed E-state index contributed by atoms with van der Waals surface area (Å²) in [5.74, 6) is 0.735. The van der Waals surface area contributed by atoms with Crippen LogP contribution in [0.15, 0.2) is 30.3 Å². The number of carbonyl (C=O) groups excluding carboxylic acids is 1. The lowest BCUT2D eigenvalue weighted by atomic mass is 9.80. The van der Waals surface area contributed by atoms with Crippen LogP contribution < -0.4 is 0 Å². The van der Waals surface area contributed by atoms with E-state index in [-0.39, 0.29) is 6.09 Å². The van der Waals surface area contributed by atoms with Crippen molar-refractivity contribution in [2.24, 2.45) is 5.92 Å². The van der Waals surface area contributed by atoms with Gasteiger partial charge in [-0.1, -0.05) is 49.6 Å². The first-order chi connectivity index (χ1) is 12.4. The van der Waals surface area contributed by atoms with Gasteiger partial charge in [-0.3, -0.25) is 4.90 Å². The zero-order chi connectivity index (χ0) is 18.6. The van der Waals surface area contributed by atoms with Gasteiger partial charge in [-0.25, -0.2) is 4.79 Å². The molecule has 3 rings (SSSR count). The summed E-state index contributed by atoms with van der Waals surface area (Å²) >= 11 is 0. The predicted molar refractivity (Wildman–Crippen MR) is 105 cm³/mol. The van der Waals surface area contributed by atoms with Crippen LogP contribution in [0, 0.1) is 5.92 Å². The Morgan fingerprint density at radius 2 is 1.62 bits per heavy atom. The SMILES string of the molecule is CC(C)(C)OC(=O)N1CCN(C(c2ccccc2)C2CCCCC2)CC1. The Kier molecular flexibility index (Phi) is 6.23. The molecule has 4 heteroatoms. The van der Waals surface area contributed by atoms with Gasteiger partial charge in [-0.05, 0) is 45.1 Å². The molecule has 26 heavy (non-hydrogen) atoms. The van der Waals surface area contributed by atoms with Crippen LogP contribution in [0.25, 0.3) is 0 Å². The van der Waals surface area contributed by atoms with E-state index in [9.17, 15) is 4.79 Å². The van der Waals surface area contributed by atoms with Crippen LogP contribution in [0.3, 0.4) is 0 Å². The van der Waals surface area contributed by atoms with Gasteiger partial charge in [0.15, 0.2) is 0 Å². The molecular formula is C22H34N2O2. The van der Waals surface area contributed by atoms with Gasteiger partial charge in [-0.15, -0.1) is 0 Å². The number of carbonyl (C=O) groups is 1. The second-order valence-corrected chi connectivity index (χ2v) is 8.76. The van der Waals surface area contributed by atoms with E-state index in [0.717, 1.165) is 32.1 Å². The van der Waals surface area contributed by atoms with Crippen LogP contribution in [0.5, 0.6) is 0 Å². The lowest BCUT2D eigenvalue weighted by Gasteiger charge is -2.43. The first-order valence-corrected chi connectivity index (χ1v) is 10.2. The molecule has 0 N–H and O–H groups in total. The molecule has 0 bridgehead atoms. The van der Waals surface area contributed by atoms with Crippen molar-refractivity contribution in [3.8, 4) is 0 Å². The third-order valence-electron chi connectivity index (χ3n) is 5.60. The lowest BCUT2D eigenvalue weighted by Crippen LogP contribution is -2.51. The van der Waals surface area contributed by atoms with Crippen LogP contribution in [0.2, 0.25) is 0 Å². The molecule has 144 valence electrons. The summed E-state index contributed by atoms with van der Waals surface area (Å²) in [5.41, 5.74) is 1.01. The molecule has 4 nitrogen and oxygen atoms in total. The minimum absolute atomic E-state index is 0.175. The van der Waals surface area contributed by atoms with Gasteiger partial charge < -0.3 is 9.64 Å². The molecule has 1 saturated heterocycles. The van der Waals surface area contributed by atoms with E-state index in [0.29, 0.717) is 6.04 Å². The van der Waals surface area contributed by atoms with Gasteiger partial charge in [0.1, 0.15) is 5.60 Å². The van der Waals surface area contributed by atoms with Crippen LogP contribution in [-0.4, -0.2) is 47.7 Å². The zero-order valence-corrected chi connectivity index (χ0v) is 16.6. The summed E-state index contributed by atoms with van der Waals surface area (Å²) in [6.45, 7) is 9.14. The Bertz CT molecular complexity index is 568. The number of benzene rings is 1. The maximum atomic E-state index is 12.3. The second kappa shape index (κ2) is 8.43. The topological polar surface area (TPSA) is 32.8 Å².